The van der Waals surface area contributed by atoms with Crippen molar-refractivity contribution < 1.29 is 18.7 Å². The standard InChI is InChI=1S/C22H24FNO3/c1-14-8-9-20(21(11-14)27-13-15-5-4-10-26-15)24-22(25)18-12-17(18)16-6-2-3-7-19(16)23/h2-3,6-9,11,15,17-18H,4-5,10,12-13H2,1H3,(H,24,25). The number of carbonyl (C=O) groups excluding carboxylic acids is 1. The summed E-state index contributed by atoms with van der Waals surface area (Å²) in [6.45, 7) is 3.25. The van der Waals surface area contributed by atoms with Crippen molar-refractivity contribution in [3.63, 3.8) is 0 Å². The van der Waals surface area contributed by atoms with Crippen LogP contribution in [0.5, 0.6) is 5.75 Å². The van der Waals surface area contributed by atoms with Crippen LogP contribution in [-0.2, 0) is 9.53 Å². The maximum absolute atomic E-state index is 13.9. The van der Waals surface area contributed by atoms with E-state index in [0.29, 0.717) is 30.0 Å². The molecule has 3 unspecified atom stereocenters. The highest BCUT2D eigenvalue weighted by molar-refractivity contribution is 5.96. The quantitative estimate of drug-likeness (QED) is 0.819. The molecule has 1 saturated heterocycles. The van der Waals surface area contributed by atoms with Gasteiger partial charge in [0.05, 0.1) is 11.8 Å². The van der Waals surface area contributed by atoms with Gasteiger partial charge >= 0.3 is 0 Å². The molecule has 2 aliphatic rings. The summed E-state index contributed by atoms with van der Waals surface area (Å²) in [5, 5.41) is 2.97. The number of amides is 1. The van der Waals surface area contributed by atoms with E-state index in [0.717, 1.165) is 25.0 Å². The molecule has 27 heavy (non-hydrogen) atoms. The maximum atomic E-state index is 13.9. The van der Waals surface area contributed by atoms with Crippen LogP contribution in [0.3, 0.4) is 0 Å². The van der Waals surface area contributed by atoms with Crippen molar-refractivity contribution in [1.29, 1.82) is 0 Å². The van der Waals surface area contributed by atoms with Gasteiger partial charge in [-0.2, -0.15) is 0 Å². The monoisotopic (exact) mass is 369 g/mol. The normalized spacial score (nSPS) is 23.9. The zero-order chi connectivity index (χ0) is 18.8. The molecule has 2 aromatic carbocycles. The molecule has 0 bridgehead atoms. The third kappa shape index (κ3) is 4.14. The van der Waals surface area contributed by atoms with Crippen molar-refractivity contribution in [1.82, 2.24) is 0 Å². The molecule has 1 amide bonds. The van der Waals surface area contributed by atoms with Gasteiger partial charge < -0.3 is 14.8 Å². The highest BCUT2D eigenvalue weighted by Gasteiger charge is 2.45. The van der Waals surface area contributed by atoms with E-state index in [1.807, 2.05) is 31.2 Å². The maximum Gasteiger partial charge on any atom is 0.228 e. The number of benzene rings is 2. The van der Waals surface area contributed by atoms with E-state index in [-0.39, 0.29) is 29.7 Å². The average Bonchev–Trinajstić information content (AvgIpc) is 3.28. The molecule has 1 aliphatic carbocycles. The number of rotatable bonds is 6. The van der Waals surface area contributed by atoms with Crippen LogP contribution < -0.4 is 10.1 Å². The molecule has 2 fully saturated rings. The van der Waals surface area contributed by atoms with Crippen molar-refractivity contribution in [3.8, 4) is 5.75 Å². The fraction of sp³-hybridized carbons (Fsp3) is 0.409. The number of nitrogens with one attached hydrogen (secondary N) is 1. The number of ether oxygens (including phenoxy) is 2. The fourth-order valence-electron chi connectivity index (χ4n) is 3.64. The molecule has 5 heteroatoms. The lowest BCUT2D eigenvalue weighted by Gasteiger charge is -2.16. The minimum Gasteiger partial charge on any atom is -0.489 e. The lowest BCUT2D eigenvalue weighted by atomic mass is 10.1. The second-order valence-electron chi connectivity index (χ2n) is 7.41. The lowest BCUT2D eigenvalue weighted by molar-refractivity contribution is -0.117. The number of hydrogen-bond donors (Lipinski definition) is 1. The first-order valence-corrected chi connectivity index (χ1v) is 9.52. The number of anilines is 1. The minimum atomic E-state index is -0.242. The van der Waals surface area contributed by atoms with Gasteiger partial charge in [-0.05, 0) is 61.4 Å². The van der Waals surface area contributed by atoms with Gasteiger partial charge in [-0.25, -0.2) is 4.39 Å². The third-order valence-corrected chi connectivity index (χ3v) is 5.28. The summed E-state index contributed by atoms with van der Waals surface area (Å²) in [5.41, 5.74) is 2.34. The van der Waals surface area contributed by atoms with Gasteiger partial charge in [0, 0.05) is 12.5 Å². The Morgan fingerprint density at radius 3 is 2.93 bits per heavy atom. The SMILES string of the molecule is Cc1ccc(NC(=O)C2CC2c2ccccc2F)c(OCC2CCCO2)c1. The van der Waals surface area contributed by atoms with Gasteiger partial charge in [0.1, 0.15) is 18.2 Å². The Hall–Kier alpha value is -2.40. The highest BCUT2D eigenvalue weighted by atomic mass is 19.1. The van der Waals surface area contributed by atoms with E-state index >= 15 is 0 Å². The van der Waals surface area contributed by atoms with Crippen LogP contribution in [0.1, 0.15) is 36.3 Å². The molecule has 1 aliphatic heterocycles. The topological polar surface area (TPSA) is 47.6 Å². The highest BCUT2D eigenvalue weighted by Crippen LogP contribution is 2.49. The van der Waals surface area contributed by atoms with Crippen molar-refractivity contribution in [3.05, 3.63) is 59.4 Å². The van der Waals surface area contributed by atoms with Crippen molar-refractivity contribution >= 4 is 11.6 Å². The predicted octanol–water partition coefficient (Wildman–Crippen LogP) is 4.43. The molecule has 0 radical (unpaired) electrons. The van der Waals surface area contributed by atoms with E-state index < -0.39 is 0 Å². The van der Waals surface area contributed by atoms with Gasteiger partial charge in [0.2, 0.25) is 5.91 Å². The molecule has 1 heterocycles. The molecule has 4 nitrogen and oxygen atoms in total. The van der Waals surface area contributed by atoms with E-state index in [1.165, 1.54) is 6.07 Å². The van der Waals surface area contributed by atoms with Gasteiger partial charge in [0.15, 0.2) is 0 Å². The van der Waals surface area contributed by atoms with E-state index in [9.17, 15) is 9.18 Å². The second kappa shape index (κ2) is 7.69. The molecule has 1 saturated carbocycles. The Balaban J connectivity index is 1.41. The smallest absolute Gasteiger partial charge is 0.228 e. The largest absolute Gasteiger partial charge is 0.489 e. The van der Waals surface area contributed by atoms with Crippen molar-refractivity contribution in [2.75, 3.05) is 18.5 Å². The van der Waals surface area contributed by atoms with Crippen LogP contribution >= 0.6 is 0 Å². The van der Waals surface area contributed by atoms with Crippen LogP contribution in [0.15, 0.2) is 42.5 Å². The Labute approximate surface area is 158 Å². The number of halogens is 1. The van der Waals surface area contributed by atoms with Crippen LogP contribution in [0.25, 0.3) is 0 Å². The molecule has 1 N–H and O–H groups in total. The molecule has 0 spiro atoms. The molecular formula is C22H24FNO3. The van der Waals surface area contributed by atoms with Gasteiger partial charge in [-0.1, -0.05) is 24.3 Å². The fourth-order valence-corrected chi connectivity index (χ4v) is 3.64. The molecule has 2 aromatic rings. The van der Waals surface area contributed by atoms with Gasteiger partial charge in [0.25, 0.3) is 0 Å². The molecule has 3 atom stereocenters. The first-order chi connectivity index (χ1) is 13.1. The summed E-state index contributed by atoms with van der Waals surface area (Å²) in [6.07, 6.45) is 2.85. The van der Waals surface area contributed by atoms with E-state index in [4.69, 9.17) is 9.47 Å². The Morgan fingerprint density at radius 2 is 2.15 bits per heavy atom. The average molecular weight is 369 g/mol. The summed E-state index contributed by atoms with van der Waals surface area (Å²) in [6, 6.07) is 12.4. The van der Waals surface area contributed by atoms with Crippen LogP contribution in [0.4, 0.5) is 10.1 Å². The zero-order valence-electron chi connectivity index (χ0n) is 15.4. The zero-order valence-corrected chi connectivity index (χ0v) is 15.4. The lowest BCUT2D eigenvalue weighted by Crippen LogP contribution is -2.19. The van der Waals surface area contributed by atoms with Gasteiger partial charge in [-0.3, -0.25) is 4.79 Å². The summed E-state index contributed by atoms with van der Waals surface area (Å²) >= 11 is 0. The first kappa shape index (κ1) is 18.0. The molecular weight excluding hydrogens is 345 g/mol. The first-order valence-electron chi connectivity index (χ1n) is 9.52. The third-order valence-electron chi connectivity index (χ3n) is 5.28. The predicted molar refractivity (Wildman–Crippen MR) is 102 cm³/mol. The van der Waals surface area contributed by atoms with Crippen molar-refractivity contribution in [2.45, 2.75) is 38.2 Å². The summed E-state index contributed by atoms with van der Waals surface area (Å²) in [4.78, 5) is 12.7. The van der Waals surface area contributed by atoms with E-state index in [2.05, 4.69) is 5.32 Å². The van der Waals surface area contributed by atoms with Gasteiger partial charge in [-0.15, -0.1) is 0 Å². The van der Waals surface area contributed by atoms with Crippen molar-refractivity contribution in [2.24, 2.45) is 5.92 Å². The number of carbonyl (C=O) groups is 1. The number of aryl methyl sites for hydroxylation is 1. The minimum absolute atomic E-state index is 0.0482. The summed E-state index contributed by atoms with van der Waals surface area (Å²) < 4.78 is 25.5. The van der Waals surface area contributed by atoms with E-state index in [1.54, 1.807) is 12.1 Å². The number of hydrogen-bond acceptors (Lipinski definition) is 3. The molecule has 0 aromatic heterocycles. The molecule has 4 rings (SSSR count). The van der Waals surface area contributed by atoms with Crippen LogP contribution in [0, 0.1) is 18.7 Å². The Bertz CT molecular complexity index is 832. The van der Waals surface area contributed by atoms with Crippen LogP contribution in [-0.4, -0.2) is 25.2 Å². The van der Waals surface area contributed by atoms with Crippen LogP contribution in [0.2, 0.25) is 0 Å². The Morgan fingerprint density at radius 1 is 1.30 bits per heavy atom. The summed E-state index contributed by atoms with van der Waals surface area (Å²) in [5.74, 6) is 0.0758. The summed E-state index contributed by atoms with van der Waals surface area (Å²) in [7, 11) is 0. The second-order valence-corrected chi connectivity index (χ2v) is 7.41. The Kier molecular flexibility index (Phi) is 5.12. The molecule has 142 valence electrons.